The maximum absolute atomic E-state index is 11.6. The Labute approximate surface area is 119 Å². The molecule has 3 rings (SSSR count). The zero-order valence-electron chi connectivity index (χ0n) is 11.8. The summed E-state index contributed by atoms with van der Waals surface area (Å²) in [5.41, 5.74) is 6.77. The summed E-state index contributed by atoms with van der Waals surface area (Å²) in [6.45, 7) is 4.25. The first-order valence-corrected chi connectivity index (χ1v) is 7.23. The normalized spacial score (nSPS) is 17.6. The molecule has 1 aromatic rings. The maximum atomic E-state index is 11.6. The van der Waals surface area contributed by atoms with E-state index in [0.29, 0.717) is 13.0 Å². The molecule has 0 aliphatic carbocycles. The van der Waals surface area contributed by atoms with Crippen molar-refractivity contribution in [3.05, 3.63) is 29.5 Å². The van der Waals surface area contributed by atoms with Crippen LogP contribution in [0.25, 0.3) is 5.70 Å². The van der Waals surface area contributed by atoms with Gasteiger partial charge in [0.1, 0.15) is 0 Å². The second-order valence-electron chi connectivity index (χ2n) is 5.27. The fourth-order valence-corrected chi connectivity index (χ4v) is 2.72. The van der Waals surface area contributed by atoms with Gasteiger partial charge >= 0.3 is 0 Å². The molecular weight excluding hydrogens is 252 g/mol. The molecule has 0 unspecified atom stereocenters. The smallest absolute Gasteiger partial charge is 0.156 e. The number of nitrogens with zero attached hydrogens (tertiary/aromatic N) is 2. The molecule has 106 valence electrons. The SMILES string of the molecule is CCCCNN1CC2=C(NCC(=O)C2)c2cccnc21. The Morgan fingerprint density at radius 2 is 2.40 bits per heavy atom. The van der Waals surface area contributed by atoms with E-state index in [1.807, 2.05) is 12.3 Å². The largest absolute Gasteiger partial charge is 0.377 e. The van der Waals surface area contributed by atoms with Gasteiger partial charge in [-0.2, -0.15) is 0 Å². The van der Waals surface area contributed by atoms with E-state index in [9.17, 15) is 4.79 Å². The summed E-state index contributed by atoms with van der Waals surface area (Å²) in [5.74, 6) is 1.20. The summed E-state index contributed by atoms with van der Waals surface area (Å²) >= 11 is 0. The van der Waals surface area contributed by atoms with Crippen LogP contribution >= 0.6 is 0 Å². The molecule has 0 atom stereocenters. The quantitative estimate of drug-likeness (QED) is 0.813. The molecule has 0 amide bonds. The molecule has 0 radical (unpaired) electrons. The topological polar surface area (TPSA) is 57.3 Å². The average molecular weight is 272 g/mol. The van der Waals surface area contributed by atoms with Crippen molar-refractivity contribution < 1.29 is 4.79 Å². The number of nitrogens with one attached hydrogen (secondary N) is 2. The minimum Gasteiger partial charge on any atom is -0.377 e. The van der Waals surface area contributed by atoms with E-state index < -0.39 is 0 Å². The van der Waals surface area contributed by atoms with Crippen LogP contribution in [0.15, 0.2) is 23.9 Å². The van der Waals surface area contributed by atoms with Crippen molar-refractivity contribution >= 4 is 17.3 Å². The molecule has 0 saturated carbocycles. The van der Waals surface area contributed by atoms with Gasteiger partial charge in [-0.3, -0.25) is 9.80 Å². The van der Waals surface area contributed by atoms with Crippen LogP contribution in [-0.2, 0) is 4.79 Å². The number of pyridine rings is 1. The Morgan fingerprint density at radius 1 is 1.50 bits per heavy atom. The van der Waals surface area contributed by atoms with Gasteiger partial charge in [-0.1, -0.05) is 13.3 Å². The second-order valence-corrected chi connectivity index (χ2v) is 5.27. The van der Waals surface area contributed by atoms with Crippen LogP contribution in [0.4, 0.5) is 5.82 Å². The molecule has 0 aromatic carbocycles. The Balaban J connectivity index is 1.90. The van der Waals surface area contributed by atoms with Crippen LogP contribution in [0.5, 0.6) is 0 Å². The van der Waals surface area contributed by atoms with Gasteiger partial charge in [-0.15, -0.1) is 0 Å². The number of carbonyl (C=O) groups is 1. The highest BCUT2D eigenvalue weighted by Crippen LogP contribution is 2.33. The van der Waals surface area contributed by atoms with Gasteiger partial charge in [0.25, 0.3) is 0 Å². The van der Waals surface area contributed by atoms with Crippen LogP contribution in [0.2, 0.25) is 0 Å². The molecule has 5 heteroatoms. The number of hydrogen-bond donors (Lipinski definition) is 2. The van der Waals surface area contributed by atoms with E-state index in [1.165, 1.54) is 0 Å². The predicted octanol–water partition coefficient (Wildman–Crippen LogP) is 1.48. The lowest BCUT2D eigenvalue weighted by Gasteiger charge is -2.35. The second kappa shape index (κ2) is 5.63. The molecule has 3 heterocycles. The molecule has 1 aromatic heterocycles. The van der Waals surface area contributed by atoms with Crippen LogP contribution in [0, 0.1) is 0 Å². The van der Waals surface area contributed by atoms with E-state index in [1.54, 1.807) is 0 Å². The molecular formula is C15H20N4O. The maximum Gasteiger partial charge on any atom is 0.156 e. The number of ketones is 1. The zero-order valence-corrected chi connectivity index (χ0v) is 11.8. The van der Waals surface area contributed by atoms with Crippen LogP contribution in [0.3, 0.4) is 0 Å². The van der Waals surface area contributed by atoms with Crippen LogP contribution < -0.4 is 15.8 Å². The molecule has 20 heavy (non-hydrogen) atoms. The van der Waals surface area contributed by atoms with Gasteiger partial charge < -0.3 is 5.32 Å². The van der Waals surface area contributed by atoms with Crippen molar-refractivity contribution in [3.63, 3.8) is 0 Å². The minimum atomic E-state index is 0.254. The van der Waals surface area contributed by atoms with Crippen molar-refractivity contribution in [3.8, 4) is 0 Å². The van der Waals surface area contributed by atoms with E-state index in [2.05, 4.69) is 33.7 Å². The summed E-state index contributed by atoms with van der Waals surface area (Å²) in [5, 5.41) is 5.32. The third-order valence-corrected chi connectivity index (χ3v) is 3.72. The third kappa shape index (κ3) is 2.41. The van der Waals surface area contributed by atoms with Gasteiger partial charge in [0.05, 0.1) is 13.1 Å². The van der Waals surface area contributed by atoms with Crippen molar-refractivity contribution in [1.82, 2.24) is 15.7 Å². The number of rotatable bonds is 4. The number of fused-ring (bicyclic) bond motifs is 2. The van der Waals surface area contributed by atoms with Crippen molar-refractivity contribution in [2.45, 2.75) is 26.2 Å². The fraction of sp³-hybridized carbons (Fsp3) is 0.467. The van der Waals surface area contributed by atoms with Gasteiger partial charge in [-0.25, -0.2) is 10.4 Å². The lowest BCUT2D eigenvalue weighted by molar-refractivity contribution is -0.117. The molecule has 0 bridgehead atoms. The number of anilines is 1. The standard InChI is InChI=1S/C15H20N4O/c1-2-3-7-18-19-10-11-8-12(20)9-17-14(11)13-5-4-6-16-15(13)19/h4-6,17-18H,2-3,7-10H2,1H3. The lowest BCUT2D eigenvalue weighted by atomic mass is 9.95. The van der Waals surface area contributed by atoms with Gasteiger partial charge in [0.15, 0.2) is 11.6 Å². The summed E-state index contributed by atoms with van der Waals surface area (Å²) in [6, 6.07) is 4.01. The molecule has 2 N–H and O–H groups in total. The van der Waals surface area contributed by atoms with Crippen LogP contribution in [0.1, 0.15) is 31.7 Å². The molecule has 2 aliphatic heterocycles. The Kier molecular flexibility index (Phi) is 3.69. The monoisotopic (exact) mass is 272 g/mol. The van der Waals surface area contributed by atoms with Crippen molar-refractivity contribution in [2.24, 2.45) is 0 Å². The molecule has 5 nitrogen and oxygen atoms in total. The Hall–Kier alpha value is -1.88. The molecule has 0 saturated heterocycles. The first kappa shape index (κ1) is 13.1. The molecule has 0 spiro atoms. The fourth-order valence-electron chi connectivity index (χ4n) is 2.72. The minimum absolute atomic E-state index is 0.254. The average Bonchev–Trinajstić information content (AvgIpc) is 2.47. The van der Waals surface area contributed by atoms with E-state index in [-0.39, 0.29) is 5.78 Å². The first-order valence-electron chi connectivity index (χ1n) is 7.23. The highest BCUT2D eigenvalue weighted by atomic mass is 16.1. The van der Waals surface area contributed by atoms with Gasteiger partial charge in [0, 0.05) is 30.4 Å². The number of carbonyl (C=O) groups excluding carboxylic acids is 1. The number of unbranched alkanes of at least 4 members (excludes halogenated alkanes) is 1. The van der Waals surface area contributed by atoms with Crippen LogP contribution in [-0.4, -0.2) is 30.4 Å². The van der Waals surface area contributed by atoms with E-state index >= 15 is 0 Å². The first-order chi connectivity index (χ1) is 9.79. The Bertz CT molecular complexity index is 553. The predicted molar refractivity (Wildman–Crippen MR) is 79.0 cm³/mol. The highest BCUT2D eigenvalue weighted by Gasteiger charge is 2.29. The number of Topliss-reactive ketones (excluding diaryl/α,β-unsaturated/α-hetero) is 1. The van der Waals surface area contributed by atoms with Gasteiger partial charge in [0.2, 0.25) is 0 Å². The van der Waals surface area contributed by atoms with Crippen molar-refractivity contribution in [2.75, 3.05) is 24.6 Å². The summed E-state index contributed by atoms with van der Waals surface area (Å²) in [6.07, 6.45) is 4.64. The number of hydrogen-bond acceptors (Lipinski definition) is 5. The third-order valence-electron chi connectivity index (χ3n) is 3.72. The van der Waals surface area contributed by atoms with Crippen molar-refractivity contribution in [1.29, 1.82) is 0 Å². The van der Waals surface area contributed by atoms with E-state index in [4.69, 9.17) is 0 Å². The van der Waals surface area contributed by atoms with E-state index in [0.717, 1.165) is 48.6 Å². The highest BCUT2D eigenvalue weighted by molar-refractivity contribution is 5.92. The summed E-state index contributed by atoms with van der Waals surface area (Å²) in [7, 11) is 0. The summed E-state index contributed by atoms with van der Waals surface area (Å²) in [4.78, 5) is 16.1. The molecule has 2 aliphatic rings. The summed E-state index contributed by atoms with van der Waals surface area (Å²) < 4.78 is 0. The number of aromatic nitrogens is 1. The lowest BCUT2D eigenvalue weighted by Crippen LogP contribution is -2.46. The zero-order chi connectivity index (χ0) is 13.9. The van der Waals surface area contributed by atoms with Gasteiger partial charge in [-0.05, 0) is 24.1 Å². The Morgan fingerprint density at radius 3 is 3.25 bits per heavy atom. The molecule has 0 fully saturated rings. The number of hydrazine groups is 1.